The second-order valence-electron chi connectivity index (χ2n) is 6.05. The van der Waals surface area contributed by atoms with Gasteiger partial charge in [-0.15, -0.1) is 0 Å². The summed E-state index contributed by atoms with van der Waals surface area (Å²) >= 11 is 0. The second-order valence-corrected chi connectivity index (χ2v) is 7.25. The zero-order valence-electron chi connectivity index (χ0n) is 15.2. The summed E-state index contributed by atoms with van der Waals surface area (Å²) in [5.74, 6) is -13.4. The molecule has 2 radical (unpaired) electrons. The lowest BCUT2D eigenvalue weighted by Crippen LogP contribution is -2.13. The largest absolute Gasteiger partial charge is 0.421 e. The van der Waals surface area contributed by atoms with Gasteiger partial charge in [0.15, 0.2) is 0 Å². The van der Waals surface area contributed by atoms with Crippen LogP contribution in [0.15, 0.2) is 0 Å². The molecule has 0 saturated carbocycles. The topological polar surface area (TPSA) is 35.5 Å². The highest BCUT2D eigenvalue weighted by atomic mass is 28.2. The first-order valence-corrected chi connectivity index (χ1v) is 9.99. The number of rotatable bonds is 13. The molecule has 1 rings (SSSR count). The van der Waals surface area contributed by atoms with Gasteiger partial charge in [0.1, 0.15) is 0 Å². The van der Waals surface area contributed by atoms with Gasteiger partial charge in [-0.25, -0.2) is 13.2 Å². The van der Waals surface area contributed by atoms with Gasteiger partial charge in [-0.1, -0.05) is 44.9 Å². The van der Waals surface area contributed by atoms with Crippen LogP contribution in [0.25, 0.3) is 0 Å². The number of carbonyl (C=O) groups excluding carboxylic acids is 1. The van der Waals surface area contributed by atoms with Crippen LogP contribution in [0.1, 0.15) is 57.8 Å². The highest BCUT2D eigenvalue weighted by molar-refractivity contribution is 6.26. The summed E-state index contributed by atoms with van der Waals surface area (Å²) in [6, 6.07) is 1.08. The summed E-state index contributed by atoms with van der Waals surface area (Å²) in [7, 11) is 2.25. The molecule has 0 aromatic heterocycles. The molecule has 3 nitrogen and oxygen atoms in total. The number of carbonyl (C=O) groups is 1. The maximum Gasteiger partial charge on any atom is 0.311 e. The second kappa shape index (κ2) is 12.8. The maximum atomic E-state index is 13.4. The Morgan fingerprint density at radius 3 is 1.70 bits per heavy atom. The fraction of sp³-hybridized carbons (Fsp3) is 0.611. The van der Waals surface area contributed by atoms with Gasteiger partial charge in [-0.05, 0) is 12.5 Å². The van der Waals surface area contributed by atoms with E-state index in [0.717, 1.165) is 51.0 Å². The van der Waals surface area contributed by atoms with Gasteiger partial charge in [-0.3, -0.25) is 4.79 Å². The molecule has 0 amide bonds. The van der Waals surface area contributed by atoms with Gasteiger partial charge in [0, 0.05) is 13.5 Å². The number of hydrogen-bond donors (Lipinski definition) is 0. The van der Waals surface area contributed by atoms with Gasteiger partial charge >= 0.3 is 5.97 Å². The molecule has 0 heterocycles. The number of ether oxygens (including phenoxy) is 1. The van der Waals surface area contributed by atoms with E-state index in [0.29, 0.717) is 16.2 Å². The van der Waals surface area contributed by atoms with E-state index in [2.05, 4.69) is 4.74 Å². The number of unbranched alkanes of at least 4 members (excludes halogenated alkanes) is 7. The van der Waals surface area contributed by atoms with Crippen molar-refractivity contribution in [2.45, 2.75) is 63.8 Å². The zero-order valence-corrected chi connectivity index (χ0v) is 16.2. The Labute approximate surface area is 158 Å². The van der Waals surface area contributed by atoms with E-state index >= 15 is 0 Å². The molecule has 27 heavy (non-hydrogen) atoms. The third-order valence-corrected chi connectivity index (χ3v) is 4.79. The van der Waals surface area contributed by atoms with E-state index in [1.807, 2.05) is 0 Å². The molecule has 152 valence electrons. The minimum atomic E-state index is -2.29. The summed E-state index contributed by atoms with van der Waals surface area (Å²) in [6.07, 6.45) is 7.43. The van der Waals surface area contributed by atoms with Crippen molar-refractivity contribution in [3.63, 3.8) is 0 Å². The van der Waals surface area contributed by atoms with Crippen LogP contribution in [0.4, 0.5) is 22.0 Å². The van der Waals surface area contributed by atoms with E-state index in [4.69, 9.17) is 4.43 Å². The van der Waals surface area contributed by atoms with Gasteiger partial charge < -0.3 is 9.16 Å². The average Bonchev–Trinajstić information content (AvgIpc) is 2.66. The maximum absolute atomic E-state index is 13.4. The van der Waals surface area contributed by atoms with E-state index in [-0.39, 0.29) is 6.42 Å². The summed E-state index contributed by atoms with van der Waals surface area (Å²) < 4.78 is 75.2. The number of hydrogen-bond acceptors (Lipinski definition) is 3. The molecule has 0 bridgehead atoms. The minimum absolute atomic E-state index is 0.155. The van der Waals surface area contributed by atoms with Crippen molar-refractivity contribution in [2.75, 3.05) is 7.11 Å². The Hall–Kier alpha value is -1.48. The lowest BCUT2D eigenvalue weighted by molar-refractivity contribution is -0.135. The predicted octanol–water partition coefficient (Wildman–Crippen LogP) is 5.48. The lowest BCUT2D eigenvalue weighted by atomic mass is 10.1. The summed E-state index contributed by atoms with van der Waals surface area (Å²) in [5.41, 5.74) is 0. The van der Waals surface area contributed by atoms with Crippen molar-refractivity contribution in [3.8, 4) is 5.75 Å². The van der Waals surface area contributed by atoms with E-state index in [1.54, 1.807) is 7.11 Å². The van der Waals surface area contributed by atoms with Crippen LogP contribution >= 0.6 is 0 Å². The van der Waals surface area contributed by atoms with Crippen LogP contribution in [-0.4, -0.2) is 22.8 Å². The molecule has 0 unspecified atom stereocenters. The van der Waals surface area contributed by atoms with E-state index < -0.39 is 40.8 Å². The number of benzene rings is 1. The molecule has 0 aliphatic carbocycles. The molecule has 0 N–H and O–H groups in total. The van der Waals surface area contributed by atoms with Crippen LogP contribution in [0.2, 0.25) is 6.04 Å². The summed E-state index contributed by atoms with van der Waals surface area (Å²) in [4.78, 5) is 11.6. The monoisotopic (exact) mass is 410 g/mol. The molecular formula is C18H23F5O3Si. The van der Waals surface area contributed by atoms with E-state index in [9.17, 15) is 26.7 Å². The first-order chi connectivity index (χ1) is 12.9. The Balaban J connectivity index is 2.22. The third-order valence-electron chi connectivity index (χ3n) is 3.94. The molecule has 0 atom stereocenters. The highest BCUT2D eigenvalue weighted by Crippen LogP contribution is 2.29. The van der Waals surface area contributed by atoms with Crippen molar-refractivity contribution in [2.24, 2.45) is 0 Å². The van der Waals surface area contributed by atoms with Crippen molar-refractivity contribution < 1.29 is 35.9 Å². The lowest BCUT2D eigenvalue weighted by Gasteiger charge is -2.08. The Bertz CT molecular complexity index is 584. The molecule has 1 aromatic rings. The van der Waals surface area contributed by atoms with Gasteiger partial charge in [0.25, 0.3) is 0 Å². The predicted molar refractivity (Wildman–Crippen MR) is 91.0 cm³/mol. The molecule has 1 aromatic carbocycles. The average molecular weight is 410 g/mol. The molecule has 0 aliphatic rings. The fourth-order valence-corrected chi connectivity index (χ4v) is 3.07. The van der Waals surface area contributed by atoms with Gasteiger partial charge in [0.2, 0.25) is 44.6 Å². The van der Waals surface area contributed by atoms with Gasteiger partial charge in [0.05, 0.1) is 0 Å². The van der Waals surface area contributed by atoms with Gasteiger partial charge in [-0.2, -0.15) is 8.78 Å². The first kappa shape index (κ1) is 23.6. The molecule has 0 aliphatic heterocycles. The summed E-state index contributed by atoms with van der Waals surface area (Å²) in [5, 5.41) is 0. The molecule has 0 spiro atoms. The first-order valence-electron chi connectivity index (χ1n) is 8.88. The molecule has 9 heteroatoms. The van der Waals surface area contributed by atoms with Crippen LogP contribution < -0.4 is 4.74 Å². The van der Waals surface area contributed by atoms with Crippen molar-refractivity contribution in [1.29, 1.82) is 0 Å². The molecule has 0 fully saturated rings. The number of halogens is 5. The quantitative estimate of drug-likeness (QED) is 0.0821. The van der Waals surface area contributed by atoms with E-state index in [1.165, 1.54) is 0 Å². The normalized spacial score (nSPS) is 11.0. The van der Waals surface area contributed by atoms with Crippen molar-refractivity contribution in [1.82, 2.24) is 0 Å². The molecule has 0 saturated heterocycles. The Morgan fingerprint density at radius 2 is 1.19 bits per heavy atom. The standard InChI is InChI=1S/C18H23F5O3Si/c1-25-27-11-9-7-5-3-2-4-6-8-10-12(24)26-18-16(22)14(20)13(19)15(21)17(18)23/h2-11H2,1H3. The zero-order chi connectivity index (χ0) is 20.2. The van der Waals surface area contributed by atoms with Crippen LogP contribution in [0.5, 0.6) is 5.75 Å². The van der Waals surface area contributed by atoms with Crippen LogP contribution in [0, 0.1) is 29.1 Å². The summed E-state index contributed by atoms with van der Waals surface area (Å²) in [6.45, 7) is 0. The Kier molecular flexibility index (Phi) is 11.2. The minimum Gasteiger partial charge on any atom is -0.421 e. The van der Waals surface area contributed by atoms with Crippen LogP contribution in [-0.2, 0) is 9.22 Å². The Morgan fingerprint density at radius 1 is 0.741 bits per heavy atom. The highest BCUT2D eigenvalue weighted by Gasteiger charge is 2.28. The molecular weight excluding hydrogens is 387 g/mol. The number of esters is 1. The van der Waals surface area contributed by atoms with Crippen LogP contribution in [0.3, 0.4) is 0 Å². The SMILES string of the molecule is CO[Si]CCCCCCCCCCC(=O)Oc1c(F)c(F)c(F)c(F)c1F. The smallest absolute Gasteiger partial charge is 0.311 e. The fourth-order valence-electron chi connectivity index (χ4n) is 2.47. The third kappa shape index (κ3) is 7.96. The van der Waals surface area contributed by atoms with Crippen molar-refractivity contribution in [3.05, 3.63) is 29.1 Å². The van der Waals surface area contributed by atoms with Crippen molar-refractivity contribution >= 4 is 15.7 Å².